The first-order chi connectivity index (χ1) is 12.7. The first kappa shape index (κ1) is 22.3. The van der Waals surface area contributed by atoms with E-state index in [9.17, 15) is 9.90 Å². The Hall–Kier alpha value is -0.410. The maximum atomic E-state index is 12.5. The van der Waals surface area contributed by atoms with Gasteiger partial charge in [0.05, 0.1) is 16.6 Å². The van der Waals surface area contributed by atoms with Crippen molar-refractivity contribution in [1.29, 1.82) is 0 Å². The van der Waals surface area contributed by atoms with Crippen molar-refractivity contribution >= 4 is 42.1 Å². The van der Waals surface area contributed by atoms with Crippen LogP contribution < -0.4 is 5.32 Å². The molecule has 4 aliphatic rings. The number of thiophene rings is 1. The van der Waals surface area contributed by atoms with E-state index in [2.05, 4.69) is 10.2 Å². The highest BCUT2D eigenvalue weighted by Gasteiger charge is 2.61. The molecule has 2 bridgehead atoms. The Morgan fingerprint density at radius 2 is 2.14 bits per heavy atom. The average Bonchev–Trinajstić information content (AvgIpc) is 3.35. The van der Waals surface area contributed by atoms with Crippen LogP contribution in [0, 0.1) is 11.8 Å². The van der Waals surface area contributed by atoms with Gasteiger partial charge in [0, 0.05) is 63.8 Å². The SMILES string of the molecule is Cl.Cl.O=C(c1cccs1)N1CCC(N2C[C@@H]3[C@H](CO)[C@H]4CNC[C@]3(C2)O4)CC1. The van der Waals surface area contributed by atoms with Gasteiger partial charge in [0.15, 0.2) is 0 Å². The Balaban J connectivity index is 0.00000112. The molecule has 0 aromatic carbocycles. The summed E-state index contributed by atoms with van der Waals surface area (Å²) < 4.78 is 6.41. The Bertz CT molecular complexity index is 671. The minimum Gasteiger partial charge on any atom is -0.396 e. The van der Waals surface area contributed by atoms with Crippen molar-refractivity contribution in [1.82, 2.24) is 15.1 Å². The molecule has 28 heavy (non-hydrogen) atoms. The highest BCUT2D eigenvalue weighted by molar-refractivity contribution is 7.12. The number of ether oxygens (including phenoxy) is 1. The molecule has 1 amide bonds. The van der Waals surface area contributed by atoms with Gasteiger partial charge in [-0.1, -0.05) is 6.07 Å². The summed E-state index contributed by atoms with van der Waals surface area (Å²) in [6.45, 7) is 5.64. The molecule has 1 aromatic rings. The monoisotopic (exact) mass is 449 g/mol. The van der Waals surface area contributed by atoms with Crippen molar-refractivity contribution in [2.45, 2.75) is 30.6 Å². The fourth-order valence-electron chi connectivity index (χ4n) is 5.60. The number of rotatable bonds is 3. The Kier molecular flexibility index (Phi) is 6.97. The first-order valence-corrected chi connectivity index (χ1v) is 10.6. The van der Waals surface area contributed by atoms with E-state index in [1.54, 1.807) is 0 Å². The largest absolute Gasteiger partial charge is 0.396 e. The van der Waals surface area contributed by atoms with Crippen LogP contribution in [0.15, 0.2) is 17.5 Å². The van der Waals surface area contributed by atoms with Gasteiger partial charge < -0.3 is 20.1 Å². The number of carbonyl (C=O) groups excluding carboxylic acids is 1. The van der Waals surface area contributed by atoms with Crippen molar-refractivity contribution in [3.05, 3.63) is 22.4 Å². The second-order valence-corrected chi connectivity index (χ2v) is 9.18. The van der Waals surface area contributed by atoms with E-state index < -0.39 is 0 Å². The molecule has 5 rings (SSSR count). The van der Waals surface area contributed by atoms with Crippen LogP contribution in [-0.2, 0) is 4.74 Å². The molecule has 1 aromatic heterocycles. The number of aliphatic hydroxyl groups is 1. The number of nitrogens with one attached hydrogen (secondary N) is 1. The highest BCUT2D eigenvalue weighted by Crippen LogP contribution is 2.48. The Labute approximate surface area is 182 Å². The number of aliphatic hydroxyl groups excluding tert-OH is 1. The molecule has 5 heterocycles. The maximum Gasteiger partial charge on any atom is 0.263 e. The lowest BCUT2D eigenvalue weighted by molar-refractivity contribution is -0.0776. The Morgan fingerprint density at radius 3 is 2.82 bits per heavy atom. The van der Waals surface area contributed by atoms with Gasteiger partial charge in [-0.15, -0.1) is 36.2 Å². The summed E-state index contributed by atoms with van der Waals surface area (Å²) in [6, 6.07) is 4.38. The lowest BCUT2D eigenvalue weighted by Gasteiger charge is -2.39. The van der Waals surface area contributed by atoms with E-state index >= 15 is 0 Å². The quantitative estimate of drug-likeness (QED) is 0.731. The standard InChI is InChI=1S/C19H27N3O3S.2ClH/c23-10-14-15-9-22(12-19(15)11-20-8-16(14)25-19)13-3-5-21(6-4-13)18(24)17-2-1-7-26-17;;/h1-2,7,13-16,20,23H,3-6,8-12H2;2*1H/t14-,15+,16+,19+;;/m0../s1. The molecular formula is C19H29Cl2N3O3S. The van der Waals surface area contributed by atoms with Crippen LogP contribution >= 0.6 is 36.2 Å². The molecule has 158 valence electrons. The number of hydrogen-bond acceptors (Lipinski definition) is 6. The van der Waals surface area contributed by atoms with Crippen molar-refractivity contribution in [3.8, 4) is 0 Å². The second kappa shape index (κ2) is 8.76. The van der Waals surface area contributed by atoms with Gasteiger partial charge in [-0.05, 0) is 24.3 Å². The third-order valence-corrected chi connectivity index (χ3v) is 7.80. The zero-order chi connectivity index (χ0) is 17.7. The van der Waals surface area contributed by atoms with Gasteiger partial charge in [-0.3, -0.25) is 9.69 Å². The fourth-order valence-corrected chi connectivity index (χ4v) is 6.29. The maximum absolute atomic E-state index is 12.5. The van der Waals surface area contributed by atoms with Gasteiger partial charge in [-0.2, -0.15) is 0 Å². The first-order valence-electron chi connectivity index (χ1n) is 9.76. The second-order valence-electron chi connectivity index (χ2n) is 8.24. The number of hydrogen-bond donors (Lipinski definition) is 2. The summed E-state index contributed by atoms with van der Waals surface area (Å²) in [5, 5.41) is 15.4. The lowest BCUT2D eigenvalue weighted by atomic mass is 9.83. The van der Waals surface area contributed by atoms with Gasteiger partial charge in [-0.25, -0.2) is 0 Å². The average molecular weight is 450 g/mol. The molecule has 1 spiro atoms. The van der Waals surface area contributed by atoms with Crippen LogP contribution in [-0.4, -0.2) is 84.4 Å². The van der Waals surface area contributed by atoms with E-state index in [1.807, 2.05) is 22.4 Å². The van der Waals surface area contributed by atoms with Gasteiger partial charge in [0.25, 0.3) is 5.91 Å². The molecule has 4 atom stereocenters. The van der Waals surface area contributed by atoms with Crippen LogP contribution in [0.2, 0.25) is 0 Å². The number of nitrogens with zero attached hydrogens (tertiary/aromatic N) is 2. The molecular weight excluding hydrogens is 421 g/mol. The molecule has 6 nitrogen and oxygen atoms in total. The molecule has 4 fully saturated rings. The number of amides is 1. The molecule has 9 heteroatoms. The fraction of sp³-hybridized carbons (Fsp3) is 0.737. The molecule has 0 saturated carbocycles. The number of fused-ring (bicyclic) bond motifs is 1. The highest BCUT2D eigenvalue weighted by atomic mass is 35.5. The van der Waals surface area contributed by atoms with E-state index in [-0.39, 0.29) is 55.0 Å². The van der Waals surface area contributed by atoms with E-state index in [1.165, 1.54) is 11.3 Å². The van der Waals surface area contributed by atoms with Crippen LogP contribution in [0.1, 0.15) is 22.5 Å². The van der Waals surface area contributed by atoms with Gasteiger partial charge in [0.2, 0.25) is 0 Å². The summed E-state index contributed by atoms with van der Waals surface area (Å²) >= 11 is 1.52. The van der Waals surface area contributed by atoms with Gasteiger partial charge >= 0.3 is 0 Å². The summed E-state index contributed by atoms with van der Waals surface area (Å²) in [4.78, 5) is 18.0. The predicted molar refractivity (Wildman–Crippen MR) is 114 cm³/mol. The minimum atomic E-state index is -0.111. The summed E-state index contributed by atoms with van der Waals surface area (Å²) in [5.74, 6) is 0.868. The third-order valence-electron chi connectivity index (χ3n) is 6.94. The van der Waals surface area contributed by atoms with Crippen LogP contribution in [0.4, 0.5) is 0 Å². The summed E-state index contributed by atoms with van der Waals surface area (Å²) in [7, 11) is 0. The predicted octanol–water partition coefficient (Wildman–Crippen LogP) is 1.48. The lowest BCUT2D eigenvalue weighted by Crippen LogP contribution is -2.53. The number of carbonyl (C=O) groups is 1. The topological polar surface area (TPSA) is 65.0 Å². The van der Waals surface area contributed by atoms with E-state index in [0.717, 1.165) is 57.0 Å². The number of morpholine rings is 1. The van der Waals surface area contributed by atoms with E-state index in [4.69, 9.17) is 4.74 Å². The van der Waals surface area contributed by atoms with Crippen molar-refractivity contribution < 1.29 is 14.6 Å². The molecule has 0 unspecified atom stereocenters. The summed E-state index contributed by atoms with van der Waals surface area (Å²) in [6.07, 6.45) is 2.23. The van der Waals surface area contributed by atoms with Crippen molar-refractivity contribution in [2.75, 3.05) is 45.9 Å². The van der Waals surface area contributed by atoms with Crippen LogP contribution in [0.25, 0.3) is 0 Å². The van der Waals surface area contributed by atoms with Crippen LogP contribution in [0.3, 0.4) is 0 Å². The molecule has 2 N–H and O–H groups in total. The zero-order valence-electron chi connectivity index (χ0n) is 15.8. The smallest absolute Gasteiger partial charge is 0.263 e. The summed E-state index contributed by atoms with van der Waals surface area (Å²) in [5.41, 5.74) is -0.111. The Morgan fingerprint density at radius 1 is 1.36 bits per heavy atom. The normalized spacial score (nSPS) is 35.2. The number of halogens is 2. The van der Waals surface area contributed by atoms with Crippen molar-refractivity contribution in [3.63, 3.8) is 0 Å². The third kappa shape index (κ3) is 3.60. The molecule has 4 saturated heterocycles. The number of piperidine rings is 1. The minimum absolute atomic E-state index is 0. The molecule has 4 aliphatic heterocycles. The van der Waals surface area contributed by atoms with Gasteiger partial charge in [0.1, 0.15) is 0 Å². The molecule has 0 aliphatic carbocycles. The zero-order valence-corrected chi connectivity index (χ0v) is 18.2. The number of likely N-dealkylation sites (tertiary alicyclic amines) is 2. The van der Waals surface area contributed by atoms with Crippen LogP contribution in [0.5, 0.6) is 0 Å². The van der Waals surface area contributed by atoms with E-state index in [0.29, 0.717) is 12.0 Å². The van der Waals surface area contributed by atoms with Crippen molar-refractivity contribution in [2.24, 2.45) is 11.8 Å². The molecule has 0 radical (unpaired) electrons.